The van der Waals surface area contributed by atoms with Crippen molar-refractivity contribution < 1.29 is 4.74 Å². The number of aromatic nitrogens is 2. The Kier molecular flexibility index (Phi) is 4.99. The molecule has 1 N–H and O–H groups in total. The summed E-state index contributed by atoms with van der Waals surface area (Å²) in [5.74, 6) is 0. The highest BCUT2D eigenvalue weighted by molar-refractivity contribution is 5.15. The van der Waals surface area contributed by atoms with Crippen LogP contribution >= 0.6 is 0 Å². The van der Waals surface area contributed by atoms with Gasteiger partial charge in [0.1, 0.15) is 0 Å². The molecule has 1 atom stereocenters. The van der Waals surface area contributed by atoms with Crippen molar-refractivity contribution >= 4 is 0 Å². The van der Waals surface area contributed by atoms with Crippen LogP contribution in [0.2, 0.25) is 0 Å². The number of likely N-dealkylation sites (N-methyl/N-ethyl adjacent to an activating group) is 1. The van der Waals surface area contributed by atoms with Gasteiger partial charge in [-0.15, -0.1) is 0 Å². The van der Waals surface area contributed by atoms with Crippen LogP contribution in [0.3, 0.4) is 0 Å². The summed E-state index contributed by atoms with van der Waals surface area (Å²) in [7, 11) is 1.86. The molecule has 0 aliphatic heterocycles. The maximum atomic E-state index is 5.97. The molecule has 1 fully saturated rings. The van der Waals surface area contributed by atoms with E-state index in [1.165, 1.54) is 18.5 Å². The van der Waals surface area contributed by atoms with E-state index < -0.39 is 0 Å². The highest BCUT2D eigenvalue weighted by Crippen LogP contribution is 2.42. The molecule has 0 spiro atoms. The van der Waals surface area contributed by atoms with E-state index in [9.17, 15) is 0 Å². The summed E-state index contributed by atoms with van der Waals surface area (Å²) >= 11 is 0. The van der Waals surface area contributed by atoms with Crippen molar-refractivity contribution in [1.82, 2.24) is 15.1 Å². The fraction of sp³-hybridized carbons (Fsp3) is 0.800. The molecular weight excluding hydrogens is 238 g/mol. The van der Waals surface area contributed by atoms with Gasteiger partial charge in [-0.05, 0) is 31.9 Å². The lowest BCUT2D eigenvalue weighted by atomic mass is 9.89. The number of aryl methyl sites for hydroxylation is 1. The van der Waals surface area contributed by atoms with Gasteiger partial charge in [0.15, 0.2) is 0 Å². The molecule has 1 aliphatic rings. The maximum absolute atomic E-state index is 5.97. The SMILES string of the molecule is CCCn1nccc1C(NCC)C1(OC)CCCC1. The number of methoxy groups -OCH3 is 1. The number of hydrogen-bond donors (Lipinski definition) is 1. The van der Waals surface area contributed by atoms with E-state index in [4.69, 9.17) is 4.74 Å². The number of hydrogen-bond acceptors (Lipinski definition) is 3. The van der Waals surface area contributed by atoms with Gasteiger partial charge < -0.3 is 10.1 Å². The average Bonchev–Trinajstić information content (AvgIpc) is 3.06. The van der Waals surface area contributed by atoms with E-state index in [1.54, 1.807) is 0 Å². The molecule has 0 aromatic carbocycles. The third-order valence-electron chi connectivity index (χ3n) is 4.27. The first-order chi connectivity index (χ1) is 9.27. The summed E-state index contributed by atoms with van der Waals surface area (Å²) in [6.45, 7) is 6.28. The van der Waals surface area contributed by atoms with Crippen molar-refractivity contribution in [3.05, 3.63) is 18.0 Å². The largest absolute Gasteiger partial charge is 0.376 e. The smallest absolute Gasteiger partial charge is 0.0887 e. The molecule has 1 unspecified atom stereocenters. The second kappa shape index (κ2) is 6.53. The van der Waals surface area contributed by atoms with Gasteiger partial charge in [0, 0.05) is 19.9 Å². The molecule has 1 aromatic heterocycles. The predicted octanol–water partition coefficient (Wildman–Crippen LogP) is 2.90. The molecular formula is C15H27N3O. The summed E-state index contributed by atoms with van der Waals surface area (Å²) < 4.78 is 8.10. The summed E-state index contributed by atoms with van der Waals surface area (Å²) in [4.78, 5) is 0. The van der Waals surface area contributed by atoms with E-state index in [0.717, 1.165) is 32.4 Å². The zero-order valence-corrected chi connectivity index (χ0v) is 12.5. The molecule has 2 rings (SSSR count). The van der Waals surface area contributed by atoms with E-state index in [2.05, 4.69) is 35.0 Å². The van der Waals surface area contributed by atoms with E-state index in [1.807, 2.05) is 13.3 Å². The van der Waals surface area contributed by atoms with Crippen LogP contribution in [0, 0.1) is 0 Å². The molecule has 0 radical (unpaired) electrons. The lowest BCUT2D eigenvalue weighted by molar-refractivity contribution is -0.0386. The van der Waals surface area contributed by atoms with Crippen LogP contribution in [0.15, 0.2) is 12.3 Å². The second-order valence-electron chi connectivity index (χ2n) is 5.45. The quantitative estimate of drug-likeness (QED) is 0.824. The summed E-state index contributed by atoms with van der Waals surface area (Å²) in [6, 6.07) is 2.39. The van der Waals surface area contributed by atoms with Gasteiger partial charge in [-0.3, -0.25) is 4.68 Å². The summed E-state index contributed by atoms with van der Waals surface area (Å²) in [5, 5.41) is 8.10. The van der Waals surface area contributed by atoms with E-state index >= 15 is 0 Å². The number of ether oxygens (including phenoxy) is 1. The Bertz CT molecular complexity index is 382. The van der Waals surface area contributed by atoms with E-state index in [0.29, 0.717) is 0 Å². The summed E-state index contributed by atoms with van der Waals surface area (Å²) in [5.41, 5.74) is 1.22. The highest BCUT2D eigenvalue weighted by Gasteiger charge is 2.43. The maximum Gasteiger partial charge on any atom is 0.0887 e. The zero-order valence-electron chi connectivity index (χ0n) is 12.5. The molecule has 0 amide bonds. The third-order valence-corrected chi connectivity index (χ3v) is 4.27. The minimum Gasteiger partial charge on any atom is -0.376 e. The van der Waals surface area contributed by atoms with Crippen molar-refractivity contribution in [2.75, 3.05) is 13.7 Å². The Balaban J connectivity index is 2.30. The minimum atomic E-state index is -0.0540. The van der Waals surface area contributed by atoms with Crippen molar-refractivity contribution in [3.8, 4) is 0 Å². The van der Waals surface area contributed by atoms with Crippen molar-refractivity contribution in [2.45, 2.75) is 64.1 Å². The molecule has 108 valence electrons. The van der Waals surface area contributed by atoms with Crippen LogP contribution in [-0.2, 0) is 11.3 Å². The van der Waals surface area contributed by atoms with Gasteiger partial charge in [-0.1, -0.05) is 26.7 Å². The second-order valence-corrected chi connectivity index (χ2v) is 5.45. The topological polar surface area (TPSA) is 39.1 Å². The fourth-order valence-electron chi connectivity index (χ4n) is 3.34. The van der Waals surface area contributed by atoms with Crippen molar-refractivity contribution in [3.63, 3.8) is 0 Å². The Morgan fingerprint density at radius 3 is 2.74 bits per heavy atom. The Morgan fingerprint density at radius 1 is 1.42 bits per heavy atom. The first kappa shape index (κ1) is 14.5. The van der Waals surface area contributed by atoms with Gasteiger partial charge in [0.2, 0.25) is 0 Å². The Hall–Kier alpha value is -0.870. The van der Waals surface area contributed by atoms with Crippen LogP contribution in [0.5, 0.6) is 0 Å². The molecule has 1 aromatic rings. The first-order valence-electron chi connectivity index (χ1n) is 7.57. The number of nitrogens with zero attached hydrogens (tertiary/aromatic N) is 2. The Labute approximate surface area is 116 Å². The standard InChI is InChI=1S/C15H27N3O/c1-4-12-18-13(8-11-17-18)14(16-5-2)15(19-3)9-6-7-10-15/h8,11,14,16H,4-7,9-10,12H2,1-3H3. The molecule has 4 nitrogen and oxygen atoms in total. The van der Waals surface area contributed by atoms with Gasteiger partial charge in [-0.25, -0.2) is 0 Å². The molecule has 0 saturated heterocycles. The van der Waals surface area contributed by atoms with Gasteiger partial charge in [0.25, 0.3) is 0 Å². The van der Waals surface area contributed by atoms with Crippen LogP contribution in [-0.4, -0.2) is 29.0 Å². The third kappa shape index (κ3) is 2.84. The molecule has 19 heavy (non-hydrogen) atoms. The number of nitrogens with one attached hydrogen (secondary N) is 1. The minimum absolute atomic E-state index is 0.0540. The predicted molar refractivity (Wildman–Crippen MR) is 77.1 cm³/mol. The zero-order chi connectivity index (χ0) is 13.7. The lowest BCUT2D eigenvalue weighted by Gasteiger charge is -2.37. The normalized spacial score (nSPS) is 19.7. The van der Waals surface area contributed by atoms with Crippen LogP contribution in [0.25, 0.3) is 0 Å². The average molecular weight is 265 g/mol. The highest BCUT2D eigenvalue weighted by atomic mass is 16.5. The van der Waals surface area contributed by atoms with Gasteiger partial charge in [0.05, 0.1) is 17.3 Å². The van der Waals surface area contributed by atoms with Crippen LogP contribution in [0.4, 0.5) is 0 Å². The molecule has 0 bridgehead atoms. The van der Waals surface area contributed by atoms with Gasteiger partial charge >= 0.3 is 0 Å². The number of rotatable bonds is 7. The van der Waals surface area contributed by atoms with Crippen molar-refractivity contribution in [1.29, 1.82) is 0 Å². The summed E-state index contributed by atoms with van der Waals surface area (Å²) in [6.07, 6.45) is 7.81. The van der Waals surface area contributed by atoms with Crippen LogP contribution in [0.1, 0.15) is 57.7 Å². The van der Waals surface area contributed by atoms with Crippen LogP contribution < -0.4 is 5.32 Å². The fourth-order valence-corrected chi connectivity index (χ4v) is 3.34. The lowest BCUT2D eigenvalue weighted by Crippen LogP contribution is -2.44. The van der Waals surface area contributed by atoms with Gasteiger partial charge in [-0.2, -0.15) is 5.10 Å². The molecule has 1 aliphatic carbocycles. The monoisotopic (exact) mass is 265 g/mol. The Morgan fingerprint density at radius 2 is 2.16 bits per heavy atom. The molecule has 1 heterocycles. The van der Waals surface area contributed by atoms with Crippen molar-refractivity contribution in [2.24, 2.45) is 0 Å². The van der Waals surface area contributed by atoms with E-state index in [-0.39, 0.29) is 11.6 Å². The first-order valence-corrected chi connectivity index (χ1v) is 7.57. The molecule has 1 saturated carbocycles. The molecule has 4 heteroatoms.